The molecule has 1 aliphatic heterocycles. The van der Waals surface area contributed by atoms with Gasteiger partial charge in [0.2, 0.25) is 0 Å². The average molecular weight is 274 g/mol. The zero-order valence-corrected chi connectivity index (χ0v) is 12.5. The highest BCUT2D eigenvalue weighted by atomic mass is 16.5. The van der Waals surface area contributed by atoms with E-state index in [1.54, 1.807) is 0 Å². The van der Waals surface area contributed by atoms with E-state index in [2.05, 4.69) is 34.5 Å². The first-order valence-corrected chi connectivity index (χ1v) is 7.99. The zero-order chi connectivity index (χ0) is 13.8. The second kappa shape index (κ2) is 6.49. The molecule has 0 radical (unpaired) electrons. The van der Waals surface area contributed by atoms with E-state index < -0.39 is 0 Å². The van der Waals surface area contributed by atoms with Crippen molar-refractivity contribution in [2.45, 2.75) is 50.7 Å². The molecule has 1 aromatic rings. The Morgan fingerprint density at radius 1 is 1.10 bits per heavy atom. The quantitative estimate of drug-likeness (QED) is 0.907. The predicted molar refractivity (Wildman–Crippen MR) is 84.6 cm³/mol. The van der Waals surface area contributed by atoms with Crippen molar-refractivity contribution in [2.75, 3.05) is 30.4 Å². The Labute approximate surface area is 122 Å². The van der Waals surface area contributed by atoms with E-state index in [0.717, 1.165) is 0 Å². The van der Waals surface area contributed by atoms with Gasteiger partial charge in [0, 0.05) is 37.6 Å². The first-order valence-electron chi connectivity index (χ1n) is 7.99. The number of rotatable bonds is 4. The monoisotopic (exact) mass is 274 g/mol. The number of hydrogen-bond donors (Lipinski definition) is 1. The molecule has 1 aliphatic carbocycles. The summed E-state index contributed by atoms with van der Waals surface area (Å²) in [5, 5.41) is 3.71. The summed E-state index contributed by atoms with van der Waals surface area (Å²) in [6, 6.07) is 9.53. The number of benzene rings is 1. The topological polar surface area (TPSA) is 24.5 Å². The van der Waals surface area contributed by atoms with Crippen molar-refractivity contribution in [3.63, 3.8) is 0 Å². The maximum atomic E-state index is 5.44. The summed E-state index contributed by atoms with van der Waals surface area (Å²) >= 11 is 0. The Morgan fingerprint density at radius 3 is 2.55 bits per heavy atom. The maximum absolute atomic E-state index is 5.44. The fourth-order valence-electron chi connectivity index (χ4n) is 3.45. The van der Waals surface area contributed by atoms with Crippen LogP contribution in [-0.4, -0.2) is 32.3 Å². The van der Waals surface area contributed by atoms with Crippen LogP contribution in [0.5, 0.6) is 0 Å². The second-order valence-electron chi connectivity index (χ2n) is 6.10. The van der Waals surface area contributed by atoms with Gasteiger partial charge in [-0.05, 0) is 56.7 Å². The van der Waals surface area contributed by atoms with Crippen LogP contribution < -0.4 is 10.2 Å². The number of nitrogens with one attached hydrogen (secondary N) is 1. The van der Waals surface area contributed by atoms with Gasteiger partial charge in [0.05, 0.1) is 6.10 Å². The summed E-state index contributed by atoms with van der Waals surface area (Å²) in [5.41, 5.74) is 2.65. The van der Waals surface area contributed by atoms with Crippen molar-refractivity contribution in [3.05, 3.63) is 24.3 Å². The molecule has 0 unspecified atom stereocenters. The molecule has 1 saturated heterocycles. The predicted octanol–water partition coefficient (Wildman–Crippen LogP) is 3.66. The van der Waals surface area contributed by atoms with Crippen LogP contribution in [0.15, 0.2) is 24.3 Å². The van der Waals surface area contributed by atoms with Crippen molar-refractivity contribution in [1.82, 2.24) is 0 Å². The Morgan fingerprint density at radius 2 is 1.85 bits per heavy atom. The minimum atomic E-state index is 0.476. The van der Waals surface area contributed by atoms with Crippen LogP contribution >= 0.6 is 0 Å². The minimum absolute atomic E-state index is 0.476. The molecule has 0 spiro atoms. The van der Waals surface area contributed by atoms with Gasteiger partial charge in [-0.3, -0.25) is 0 Å². The molecule has 0 amide bonds. The lowest BCUT2D eigenvalue weighted by Crippen LogP contribution is -2.29. The van der Waals surface area contributed by atoms with Crippen molar-refractivity contribution in [1.29, 1.82) is 0 Å². The molecule has 0 aromatic heterocycles. The summed E-state index contributed by atoms with van der Waals surface area (Å²) < 4.78 is 5.44. The van der Waals surface area contributed by atoms with Crippen LogP contribution in [-0.2, 0) is 4.74 Å². The molecule has 0 bridgehead atoms. The van der Waals surface area contributed by atoms with E-state index in [1.807, 2.05) is 7.11 Å². The van der Waals surface area contributed by atoms with Gasteiger partial charge >= 0.3 is 0 Å². The van der Waals surface area contributed by atoms with E-state index in [0.29, 0.717) is 12.1 Å². The first kappa shape index (κ1) is 13.7. The summed E-state index contributed by atoms with van der Waals surface area (Å²) in [7, 11) is 1.83. The van der Waals surface area contributed by atoms with Gasteiger partial charge < -0.3 is 15.0 Å². The van der Waals surface area contributed by atoms with Crippen LogP contribution in [0, 0.1) is 0 Å². The Hall–Kier alpha value is -1.22. The Balaban J connectivity index is 1.58. The van der Waals surface area contributed by atoms with E-state index in [4.69, 9.17) is 4.74 Å². The maximum Gasteiger partial charge on any atom is 0.0572 e. The van der Waals surface area contributed by atoms with Gasteiger partial charge in [0.25, 0.3) is 0 Å². The van der Waals surface area contributed by atoms with E-state index in [1.165, 1.54) is 63.0 Å². The van der Waals surface area contributed by atoms with Gasteiger partial charge in [-0.1, -0.05) is 6.07 Å². The highest BCUT2D eigenvalue weighted by Gasteiger charge is 2.20. The van der Waals surface area contributed by atoms with Crippen molar-refractivity contribution in [3.8, 4) is 0 Å². The second-order valence-corrected chi connectivity index (χ2v) is 6.10. The van der Waals surface area contributed by atoms with Crippen LogP contribution in [0.25, 0.3) is 0 Å². The van der Waals surface area contributed by atoms with Crippen molar-refractivity contribution < 1.29 is 4.74 Å². The molecule has 2 aliphatic rings. The molecular weight excluding hydrogens is 248 g/mol. The lowest BCUT2D eigenvalue weighted by Gasteiger charge is -2.29. The Bertz CT molecular complexity index is 421. The summed E-state index contributed by atoms with van der Waals surface area (Å²) in [6.45, 7) is 2.42. The number of nitrogens with zero attached hydrogens (tertiary/aromatic N) is 1. The number of hydrogen-bond acceptors (Lipinski definition) is 3. The third-order valence-electron chi connectivity index (χ3n) is 4.70. The highest BCUT2D eigenvalue weighted by molar-refractivity contribution is 5.58. The SMILES string of the molecule is COC1CCC(Nc2cccc(N3CCCC3)c2)CC1. The van der Waals surface area contributed by atoms with Gasteiger partial charge in [-0.25, -0.2) is 0 Å². The molecule has 110 valence electrons. The first-order chi connectivity index (χ1) is 9.85. The summed E-state index contributed by atoms with van der Waals surface area (Å²) in [5.74, 6) is 0. The van der Waals surface area contributed by atoms with Gasteiger partial charge in [0.15, 0.2) is 0 Å². The number of anilines is 2. The molecule has 1 aromatic carbocycles. The van der Waals surface area contributed by atoms with Crippen LogP contribution in [0.2, 0.25) is 0 Å². The van der Waals surface area contributed by atoms with E-state index >= 15 is 0 Å². The van der Waals surface area contributed by atoms with Gasteiger partial charge in [-0.2, -0.15) is 0 Å². The molecule has 1 saturated carbocycles. The fraction of sp³-hybridized carbons (Fsp3) is 0.647. The Kier molecular flexibility index (Phi) is 4.46. The minimum Gasteiger partial charge on any atom is -0.382 e. The number of ether oxygens (including phenoxy) is 1. The van der Waals surface area contributed by atoms with E-state index in [-0.39, 0.29) is 0 Å². The van der Waals surface area contributed by atoms with Gasteiger partial charge in [-0.15, -0.1) is 0 Å². The molecular formula is C17H26N2O. The summed E-state index contributed by atoms with van der Waals surface area (Å²) in [6.07, 6.45) is 7.93. The lowest BCUT2D eigenvalue weighted by atomic mass is 9.93. The van der Waals surface area contributed by atoms with Crippen LogP contribution in [0.4, 0.5) is 11.4 Å². The lowest BCUT2D eigenvalue weighted by molar-refractivity contribution is 0.0682. The van der Waals surface area contributed by atoms with Gasteiger partial charge in [0.1, 0.15) is 0 Å². The van der Waals surface area contributed by atoms with Crippen LogP contribution in [0.1, 0.15) is 38.5 Å². The molecule has 1 heterocycles. The zero-order valence-electron chi connectivity index (χ0n) is 12.5. The average Bonchev–Trinajstić information content (AvgIpc) is 3.03. The molecule has 3 nitrogen and oxygen atoms in total. The fourth-order valence-corrected chi connectivity index (χ4v) is 3.45. The summed E-state index contributed by atoms with van der Waals surface area (Å²) in [4.78, 5) is 2.49. The normalized spacial score (nSPS) is 26.8. The van der Waals surface area contributed by atoms with Crippen molar-refractivity contribution in [2.24, 2.45) is 0 Å². The standard InChI is InChI=1S/C17H26N2O/c1-20-17-9-7-14(8-10-17)18-15-5-4-6-16(13-15)19-11-2-3-12-19/h4-6,13-14,17-18H,2-3,7-12H2,1H3. The molecule has 3 heteroatoms. The van der Waals surface area contributed by atoms with E-state index in [9.17, 15) is 0 Å². The van der Waals surface area contributed by atoms with Crippen LogP contribution in [0.3, 0.4) is 0 Å². The highest BCUT2D eigenvalue weighted by Crippen LogP contribution is 2.27. The molecule has 3 rings (SSSR count). The molecule has 20 heavy (non-hydrogen) atoms. The third kappa shape index (κ3) is 3.26. The largest absolute Gasteiger partial charge is 0.382 e. The van der Waals surface area contributed by atoms with Crippen molar-refractivity contribution >= 4 is 11.4 Å². The smallest absolute Gasteiger partial charge is 0.0572 e. The third-order valence-corrected chi connectivity index (χ3v) is 4.70. The molecule has 1 N–H and O–H groups in total. The number of methoxy groups -OCH3 is 1. The molecule has 0 atom stereocenters. The molecule has 2 fully saturated rings.